The molecule has 1 aromatic rings. The van der Waals surface area contributed by atoms with E-state index in [-0.39, 0.29) is 19.4 Å². The van der Waals surface area contributed by atoms with Crippen LogP contribution in [0.15, 0.2) is 15.8 Å². The molecule has 2 rings (SSSR count). The van der Waals surface area contributed by atoms with E-state index in [2.05, 4.69) is 23.7 Å². The van der Waals surface area contributed by atoms with Gasteiger partial charge < -0.3 is 14.9 Å². The van der Waals surface area contributed by atoms with Crippen molar-refractivity contribution in [3.63, 3.8) is 0 Å². The molecule has 3 atom stereocenters. The Morgan fingerprint density at radius 1 is 1.43 bits per heavy atom. The summed E-state index contributed by atoms with van der Waals surface area (Å²) >= 11 is 0. The number of ether oxygens (including phenoxy) is 1. The van der Waals surface area contributed by atoms with Crippen LogP contribution in [0.3, 0.4) is 0 Å². The lowest BCUT2D eigenvalue weighted by atomic mass is 10.2. The van der Waals surface area contributed by atoms with Crippen LogP contribution in [0.25, 0.3) is 0 Å². The number of aromatic amines is 1. The summed E-state index contributed by atoms with van der Waals surface area (Å²) in [6.07, 6.45) is 2.43. The predicted molar refractivity (Wildman–Crippen MR) is 83.9 cm³/mol. The molecule has 2 heterocycles. The van der Waals surface area contributed by atoms with Gasteiger partial charge in [-0.3, -0.25) is 14.3 Å². The van der Waals surface area contributed by atoms with Crippen molar-refractivity contribution in [1.29, 1.82) is 0 Å². The number of aromatic nitrogens is 2. The maximum absolute atomic E-state index is 11.9. The lowest BCUT2D eigenvalue weighted by molar-refractivity contribution is -0.0459. The van der Waals surface area contributed by atoms with Gasteiger partial charge in [0.25, 0.3) is 5.56 Å². The Morgan fingerprint density at radius 3 is 2.87 bits per heavy atom. The van der Waals surface area contributed by atoms with Crippen LogP contribution >= 0.6 is 0 Å². The standard InChI is InChI=1S/C16H22N2O5/c1-2-3-4-5-6-7-11-9-18(16(22)17-15(11)21)14-8-12(20)13(10-19)23-14/h9,12-14,19-20H,2-4,7-8,10H2,1H3,(H,17,21,22)/t12?,13-,14?/m1/s1. The fourth-order valence-electron chi connectivity index (χ4n) is 2.43. The van der Waals surface area contributed by atoms with Crippen LogP contribution in [0.2, 0.25) is 0 Å². The third-order valence-corrected chi connectivity index (χ3v) is 3.80. The largest absolute Gasteiger partial charge is 0.394 e. The Balaban J connectivity index is 2.18. The summed E-state index contributed by atoms with van der Waals surface area (Å²) in [6.45, 7) is 1.75. The van der Waals surface area contributed by atoms with Gasteiger partial charge in [-0.2, -0.15) is 0 Å². The zero-order chi connectivity index (χ0) is 16.8. The molecule has 0 spiro atoms. The smallest absolute Gasteiger partial charge is 0.330 e. The SMILES string of the molecule is CCCCC#CCc1cn(C2CC(O)[C@@H](CO)O2)c(=O)[nH]c1=O. The van der Waals surface area contributed by atoms with Gasteiger partial charge in [-0.1, -0.05) is 19.3 Å². The molecule has 23 heavy (non-hydrogen) atoms. The lowest BCUT2D eigenvalue weighted by Crippen LogP contribution is -2.34. The summed E-state index contributed by atoms with van der Waals surface area (Å²) in [7, 11) is 0. The Labute approximate surface area is 133 Å². The molecule has 1 aromatic heterocycles. The van der Waals surface area contributed by atoms with E-state index < -0.39 is 29.7 Å². The molecule has 3 N–H and O–H groups in total. The van der Waals surface area contributed by atoms with E-state index in [9.17, 15) is 14.7 Å². The van der Waals surface area contributed by atoms with Crippen molar-refractivity contribution in [2.75, 3.05) is 6.61 Å². The van der Waals surface area contributed by atoms with Crippen molar-refractivity contribution in [2.24, 2.45) is 0 Å². The van der Waals surface area contributed by atoms with Crippen molar-refractivity contribution in [1.82, 2.24) is 9.55 Å². The van der Waals surface area contributed by atoms with Crippen LogP contribution in [-0.4, -0.2) is 38.6 Å². The summed E-state index contributed by atoms with van der Waals surface area (Å²) < 4.78 is 6.69. The quantitative estimate of drug-likeness (QED) is 0.519. The molecule has 0 amide bonds. The van der Waals surface area contributed by atoms with E-state index in [0.717, 1.165) is 19.3 Å². The Kier molecular flexibility index (Phi) is 6.16. The van der Waals surface area contributed by atoms with E-state index in [1.54, 1.807) is 0 Å². The highest BCUT2D eigenvalue weighted by molar-refractivity contribution is 5.15. The van der Waals surface area contributed by atoms with E-state index in [4.69, 9.17) is 9.84 Å². The number of unbranched alkanes of at least 4 members (excludes halogenated alkanes) is 2. The van der Waals surface area contributed by atoms with Gasteiger partial charge in [0.05, 0.1) is 12.7 Å². The Bertz CT molecular complexity index is 697. The molecule has 0 radical (unpaired) electrons. The van der Waals surface area contributed by atoms with Gasteiger partial charge in [-0.05, 0) is 6.42 Å². The number of rotatable bonds is 5. The highest BCUT2D eigenvalue weighted by atomic mass is 16.5. The minimum absolute atomic E-state index is 0.179. The molecule has 1 fully saturated rings. The van der Waals surface area contributed by atoms with Crippen LogP contribution in [0, 0.1) is 11.8 Å². The summed E-state index contributed by atoms with van der Waals surface area (Å²) in [4.78, 5) is 26.0. The average molecular weight is 322 g/mol. The third-order valence-electron chi connectivity index (χ3n) is 3.80. The van der Waals surface area contributed by atoms with Crippen LogP contribution in [0.5, 0.6) is 0 Å². The monoisotopic (exact) mass is 322 g/mol. The second kappa shape index (κ2) is 8.11. The van der Waals surface area contributed by atoms with Crippen molar-refractivity contribution in [3.8, 4) is 11.8 Å². The van der Waals surface area contributed by atoms with Gasteiger partial charge >= 0.3 is 5.69 Å². The lowest BCUT2D eigenvalue weighted by Gasteiger charge is -2.14. The number of aliphatic hydroxyl groups is 2. The molecule has 7 heteroatoms. The van der Waals surface area contributed by atoms with Crippen LogP contribution in [0.4, 0.5) is 0 Å². The van der Waals surface area contributed by atoms with Gasteiger partial charge in [0, 0.05) is 31.0 Å². The van der Waals surface area contributed by atoms with Gasteiger partial charge in [-0.15, -0.1) is 5.92 Å². The fraction of sp³-hybridized carbons (Fsp3) is 0.625. The van der Waals surface area contributed by atoms with Crippen molar-refractivity contribution >= 4 is 0 Å². The first-order valence-corrected chi connectivity index (χ1v) is 7.81. The Morgan fingerprint density at radius 2 is 2.22 bits per heavy atom. The topological polar surface area (TPSA) is 105 Å². The molecular weight excluding hydrogens is 300 g/mol. The Hall–Kier alpha value is -1.88. The predicted octanol–water partition coefficient (Wildman–Crippen LogP) is -0.0866. The zero-order valence-corrected chi connectivity index (χ0v) is 13.1. The summed E-state index contributed by atoms with van der Waals surface area (Å²) in [5.74, 6) is 5.92. The molecule has 0 saturated carbocycles. The minimum atomic E-state index is -0.846. The van der Waals surface area contributed by atoms with Crippen LogP contribution in [0.1, 0.15) is 44.4 Å². The first-order chi connectivity index (χ1) is 11.1. The highest BCUT2D eigenvalue weighted by Crippen LogP contribution is 2.27. The number of hydrogen-bond donors (Lipinski definition) is 3. The van der Waals surface area contributed by atoms with Crippen molar-refractivity contribution in [3.05, 3.63) is 32.6 Å². The van der Waals surface area contributed by atoms with E-state index >= 15 is 0 Å². The molecule has 1 aliphatic rings. The fourth-order valence-corrected chi connectivity index (χ4v) is 2.43. The molecule has 2 unspecified atom stereocenters. The van der Waals surface area contributed by atoms with Crippen molar-refractivity contribution in [2.45, 2.75) is 57.5 Å². The van der Waals surface area contributed by atoms with Crippen LogP contribution in [-0.2, 0) is 11.2 Å². The first kappa shape index (κ1) is 17.5. The average Bonchev–Trinajstić information content (AvgIpc) is 2.89. The second-order valence-corrected chi connectivity index (χ2v) is 5.57. The number of H-pyrrole nitrogens is 1. The molecule has 1 aliphatic heterocycles. The second-order valence-electron chi connectivity index (χ2n) is 5.57. The van der Waals surface area contributed by atoms with E-state index in [1.807, 2.05) is 0 Å². The zero-order valence-electron chi connectivity index (χ0n) is 13.1. The molecule has 7 nitrogen and oxygen atoms in total. The molecule has 0 aliphatic carbocycles. The maximum Gasteiger partial charge on any atom is 0.330 e. The summed E-state index contributed by atoms with van der Waals surface area (Å²) in [6, 6.07) is 0. The summed E-state index contributed by atoms with van der Waals surface area (Å²) in [5.41, 5.74) is -0.694. The number of aliphatic hydroxyl groups excluding tert-OH is 2. The summed E-state index contributed by atoms with van der Waals surface area (Å²) in [5, 5.41) is 18.9. The maximum atomic E-state index is 11.9. The van der Waals surface area contributed by atoms with Gasteiger partial charge in [-0.25, -0.2) is 4.79 Å². The first-order valence-electron chi connectivity index (χ1n) is 7.81. The molecule has 0 bridgehead atoms. The minimum Gasteiger partial charge on any atom is -0.394 e. The van der Waals surface area contributed by atoms with Gasteiger partial charge in [0.1, 0.15) is 12.3 Å². The van der Waals surface area contributed by atoms with E-state index in [1.165, 1.54) is 10.8 Å². The van der Waals surface area contributed by atoms with Gasteiger partial charge in [0.2, 0.25) is 0 Å². The number of nitrogens with one attached hydrogen (secondary N) is 1. The molecule has 0 aromatic carbocycles. The highest BCUT2D eigenvalue weighted by Gasteiger charge is 2.35. The molecular formula is C16H22N2O5. The molecule has 126 valence electrons. The van der Waals surface area contributed by atoms with Gasteiger partial charge in [0.15, 0.2) is 0 Å². The number of hydrogen-bond acceptors (Lipinski definition) is 5. The number of nitrogens with zero attached hydrogens (tertiary/aromatic N) is 1. The molecule has 1 saturated heterocycles. The van der Waals surface area contributed by atoms with E-state index in [0.29, 0.717) is 5.56 Å². The van der Waals surface area contributed by atoms with Crippen molar-refractivity contribution < 1.29 is 14.9 Å². The third kappa shape index (κ3) is 4.32. The normalized spacial score (nSPS) is 23.5. The van der Waals surface area contributed by atoms with Crippen LogP contribution < -0.4 is 11.2 Å².